The first kappa shape index (κ1) is 16.0. The van der Waals surface area contributed by atoms with E-state index in [1.807, 2.05) is 24.3 Å². The smallest absolute Gasteiger partial charge is 0.141 e. The quantitative estimate of drug-likeness (QED) is 0.810. The van der Waals surface area contributed by atoms with E-state index >= 15 is 0 Å². The summed E-state index contributed by atoms with van der Waals surface area (Å²) in [4.78, 5) is 0. The Morgan fingerprint density at radius 2 is 1.67 bits per heavy atom. The summed E-state index contributed by atoms with van der Waals surface area (Å²) in [6.45, 7) is 7.20. The first-order chi connectivity index (χ1) is 9.83. The van der Waals surface area contributed by atoms with Gasteiger partial charge in [0.25, 0.3) is 0 Å². The molecule has 112 valence electrons. The molecular weight excluding hydrogens is 333 g/mol. The molecule has 0 atom stereocenters. The minimum Gasteiger partial charge on any atom is -0.457 e. The van der Waals surface area contributed by atoms with E-state index in [1.165, 1.54) is 11.6 Å². The number of hydrogen-bond acceptors (Lipinski definition) is 2. The molecular formula is C17H19BrFNO. The third-order valence-electron chi connectivity index (χ3n) is 2.87. The van der Waals surface area contributed by atoms with Crippen molar-refractivity contribution in [1.29, 1.82) is 0 Å². The fraction of sp³-hybridized carbons (Fsp3) is 0.294. The van der Waals surface area contributed by atoms with Crippen LogP contribution < -0.4 is 10.1 Å². The molecule has 4 heteroatoms. The summed E-state index contributed by atoms with van der Waals surface area (Å²) in [5, 5.41) is 3.43. The van der Waals surface area contributed by atoms with Gasteiger partial charge >= 0.3 is 0 Å². The second-order valence-corrected chi connectivity index (χ2v) is 6.78. The average Bonchev–Trinajstić information content (AvgIpc) is 2.41. The summed E-state index contributed by atoms with van der Waals surface area (Å²) >= 11 is 3.12. The highest BCUT2D eigenvalue weighted by molar-refractivity contribution is 9.10. The number of hydrogen-bond donors (Lipinski definition) is 1. The van der Waals surface area contributed by atoms with E-state index in [9.17, 15) is 4.39 Å². The predicted molar refractivity (Wildman–Crippen MR) is 87.2 cm³/mol. The molecule has 0 heterocycles. The molecule has 0 bridgehead atoms. The van der Waals surface area contributed by atoms with Gasteiger partial charge in [0, 0.05) is 18.2 Å². The third-order valence-corrected chi connectivity index (χ3v) is 3.52. The van der Waals surface area contributed by atoms with Gasteiger partial charge in [0.2, 0.25) is 0 Å². The van der Waals surface area contributed by atoms with Crippen LogP contribution in [0.3, 0.4) is 0 Å². The predicted octanol–water partition coefficient (Wildman–Crippen LogP) is 5.27. The monoisotopic (exact) mass is 351 g/mol. The van der Waals surface area contributed by atoms with Gasteiger partial charge in [0.1, 0.15) is 17.3 Å². The molecule has 0 radical (unpaired) electrons. The molecule has 1 N–H and O–H groups in total. The number of ether oxygens (including phenoxy) is 1. The van der Waals surface area contributed by atoms with Crippen molar-refractivity contribution in [1.82, 2.24) is 5.32 Å². The van der Waals surface area contributed by atoms with Gasteiger partial charge < -0.3 is 10.1 Å². The Kier molecular flexibility index (Phi) is 5.01. The zero-order chi connectivity index (χ0) is 15.5. The SMILES string of the molecule is CC(C)(C)NCc1ccc(Oc2ccc(Br)c(F)c2)cc1. The summed E-state index contributed by atoms with van der Waals surface area (Å²) in [5.74, 6) is 0.839. The minimum absolute atomic E-state index is 0.0874. The topological polar surface area (TPSA) is 21.3 Å². The van der Waals surface area contributed by atoms with E-state index < -0.39 is 0 Å². The lowest BCUT2D eigenvalue weighted by Gasteiger charge is -2.20. The van der Waals surface area contributed by atoms with E-state index in [0.29, 0.717) is 16.0 Å². The van der Waals surface area contributed by atoms with Gasteiger partial charge in [0.15, 0.2) is 0 Å². The maximum Gasteiger partial charge on any atom is 0.141 e. The Morgan fingerprint density at radius 1 is 1.05 bits per heavy atom. The number of benzene rings is 2. The highest BCUT2D eigenvalue weighted by atomic mass is 79.9. The molecule has 0 amide bonds. The van der Waals surface area contributed by atoms with Crippen LogP contribution in [0.1, 0.15) is 26.3 Å². The van der Waals surface area contributed by atoms with Crippen LogP contribution in [0.25, 0.3) is 0 Å². The lowest BCUT2D eigenvalue weighted by atomic mass is 10.1. The highest BCUT2D eigenvalue weighted by Gasteiger charge is 2.08. The Balaban J connectivity index is 2.00. The fourth-order valence-corrected chi connectivity index (χ4v) is 1.97. The molecule has 0 saturated heterocycles. The van der Waals surface area contributed by atoms with Gasteiger partial charge in [-0.25, -0.2) is 4.39 Å². The van der Waals surface area contributed by atoms with E-state index in [2.05, 4.69) is 42.0 Å². The Morgan fingerprint density at radius 3 is 2.24 bits per heavy atom. The van der Waals surface area contributed by atoms with E-state index in [4.69, 9.17) is 4.74 Å². The fourth-order valence-electron chi connectivity index (χ4n) is 1.72. The zero-order valence-electron chi connectivity index (χ0n) is 12.4. The maximum atomic E-state index is 13.4. The van der Waals surface area contributed by atoms with Crippen LogP contribution in [-0.4, -0.2) is 5.54 Å². The molecule has 2 aromatic carbocycles. The van der Waals surface area contributed by atoms with Crippen molar-refractivity contribution in [2.75, 3.05) is 0 Å². The normalized spacial score (nSPS) is 11.5. The van der Waals surface area contributed by atoms with Crippen molar-refractivity contribution < 1.29 is 9.13 Å². The molecule has 0 spiro atoms. The van der Waals surface area contributed by atoms with Crippen LogP contribution in [0.15, 0.2) is 46.9 Å². The summed E-state index contributed by atoms with van der Waals surface area (Å²) in [6.07, 6.45) is 0. The van der Waals surface area contributed by atoms with Crippen molar-refractivity contribution in [3.05, 3.63) is 58.3 Å². The molecule has 2 aromatic rings. The molecule has 2 nitrogen and oxygen atoms in total. The van der Waals surface area contributed by atoms with E-state index in [1.54, 1.807) is 12.1 Å². The van der Waals surface area contributed by atoms with Gasteiger partial charge in [-0.05, 0) is 66.5 Å². The molecule has 0 saturated carbocycles. The second kappa shape index (κ2) is 6.58. The average molecular weight is 352 g/mol. The molecule has 2 rings (SSSR count). The summed E-state index contributed by atoms with van der Waals surface area (Å²) in [7, 11) is 0. The molecule has 0 aromatic heterocycles. The number of halogens is 2. The Bertz CT molecular complexity index is 605. The van der Waals surface area contributed by atoms with Crippen LogP contribution in [-0.2, 0) is 6.54 Å². The lowest BCUT2D eigenvalue weighted by molar-refractivity contribution is 0.424. The molecule has 0 aliphatic rings. The van der Waals surface area contributed by atoms with Crippen LogP contribution >= 0.6 is 15.9 Å². The third kappa shape index (κ3) is 5.14. The van der Waals surface area contributed by atoms with Gasteiger partial charge in [-0.3, -0.25) is 0 Å². The molecule has 0 aliphatic carbocycles. The molecule has 0 aliphatic heterocycles. The van der Waals surface area contributed by atoms with Crippen molar-refractivity contribution in [3.63, 3.8) is 0 Å². The van der Waals surface area contributed by atoms with Gasteiger partial charge in [-0.2, -0.15) is 0 Å². The van der Waals surface area contributed by atoms with Crippen LogP contribution in [0.2, 0.25) is 0 Å². The Labute approximate surface area is 133 Å². The van der Waals surface area contributed by atoms with Gasteiger partial charge in [-0.1, -0.05) is 12.1 Å². The Hall–Kier alpha value is -1.39. The van der Waals surface area contributed by atoms with E-state index in [-0.39, 0.29) is 11.4 Å². The van der Waals surface area contributed by atoms with Crippen molar-refractivity contribution in [2.24, 2.45) is 0 Å². The number of rotatable bonds is 4. The van der Waals surface area contributed by atoms with Crippen LogP contribution in [0.5, 0.6) is 11.5 Å². The number of nitrogens with one attached hydrogen (secondary N) is 1. The largest absolute Gasteiger partial charge is 0.457 e. The van der Waals surface area contributed by atoms with Crippen molar-refractivity contribution in [2.45, 2.75) is 32.9 Å². The first-order valence-corrected chi connectivity index (χ1v) is 7.60. The minimum atomic E-state index is -0.335. The molecule has 21 heavy (non-hydrogen) atoms. The van der Waals surface area contributed by atoms with Crippen molar-refractivity contribution >= 4 is 15.9 Å². The zero-order valence-corrected chi connectivity index (χ0v) is 14.0. The first-order valence-electron chi connectivity index (χ1n) is 6.80. The van der Waals surface area contributed by atoms with E-state index in [0.717, 1.165) is 6.54 Å². The highest BCUT2D eigenvalue weighted by Crippen LogP contribution is 2.25. The van der Waals surface area contributed by atoms with Crippen LogP contribution in [0.4, 0.5) is 4.39 Å². The van der Waals surface area contributed by atoms with Gasteiger partial charge in [0.05, 0.1) is 4.47 Å². The van der Waals surface area contributed by atoms with Crippen molar-refractivity contribution in [3.8, 4) is 11.5 Å². The van der Waals surface area contributed by atoms with Crippen LogP contribution in [0, 0.1) is 5.82 Å². The summed E-state index contributed by atoms with van der Waals surface area (Å²) < 4.78 is 19.5. The standard InChI is InChI=1S/C17H19BrFNO/c1-17(2,3)20-11-12-4-6-13(7-5-12)21-14-8-9-15(18)16(19)10-14/h4-10,20H,11H2,1-3H3. The lowest BCUT2D eigenvalue weighted by Crippen LogP contribution is -2.34. The van der Waals surface area contributed by atoms with Gasteiger partial charge in [-0.15, -0.1) is 0 Å². The second-order valence-electron chi connectivity index (χ2n) is 5.93. The maximum absolute atomic E-state index is 13.4. The summed E-state index contributed by atoms with van der Waals surface area (Å²) in [6, 6.07) is 12.5. The molecule has 0 unspecified atom stereocenters. The molecule has 0 fully saturated rings. The summed E-state index contributed by atoms with van der Waals surface area (Å²) in [5.41, 5.74) is 1.27.